The molecule has 0 aliphatic rings. The molecular weight excluding hydrogens is 262 g/mol. The highest BCUT2D eigenvalue weighted by atomic mass is 16.5. The molecule has 0 saturated heterocycles. The summed E-state index contributed by atoms with van der Waals surface area (Å²) in [4.78, 5) is 12.2. The zero-order valence-electron chi connectivity index (χ0n) is 12.8. The number of amides is 1. The predicted octanol–water partition coefficient (Wildman–Crippen LogP) is 3.28. The van der Waals surface area contributed by atoms with Crippen molar-refractivity contribution < 1.29 is 9.53 Å². The molecule has 2 aromatic rings. The van der Waals surface area contributed by atoms with Crippen LogP contribution in [0.15, 0.2) is 42.5 Å². The highest BCUT2D eigenvalue weighted by molar-refractivity contribution is 5.95. The van der Waals surface area contributed by atoms with Crippen molar-refractivity contribution in [1.82, 2.24) is 5.32 Å². The van der Waals surface area contributed by atoms with Gasteiger partial charge in [-0.25, -0.2) is 0 Å². The topological polar surface area (TPSA) is 38.3 Å². The molecule has 2 rings (SSSR count). The molecule has 2 aromatic carbocycles. The minimum absolute atomic E-state index is 0.00953. The Kier molecular flexibility index (Phi) is 4.99. The maximum absolute atomic E-state index is 12.2. The normalized spacial score (nSPS) is 10.2. The van der Waals surface area contributed by atoms with Gasteiger partial charge in [0.1, 0.15) is 5.75 Å². The van der Waals surface area contributed by atoms with Crippen LogP contribution in [0.4, 0.5) is 0 Å². The van der Waals surface area contributed by atoms with Crippen molar-refractivity contribution in [2.45, 2.75) is 20.3 Å². The summed E-state index contributed by atoms with van der Waals surface area (Å²) in [6.07, 6.45) is 0.806. The van der Waals surface area contributed by atoms with Crippen molar-refractivity contribution in [2.24, 2.45) is 0 Å². The van der Waals surface area contributed by atoms with Crippen molar-refractivity contribution in [3.05, 3.63) is 64.7 Å². The number of benzene rings is 2. The lowest BCUT2D eigenvalue weighted by Crippen LogP contribution is -2.26. The van der Waals surface area contributed by atoms with Crippen LogP contribution in [0.25, 0.3) is 0 Å². The first kappa shape index (κ1) is 15.1. The maximum atomic E-state index is 12.2. The number of aryl methyl sites for hydroxylation is 2. The predicted molar refractivity (Wildman–Crippen MR) is 84.9 cm³/mol. The molecule has 0 aliphatic heterocycles. The molecule has 0 atom stereocenters. The van der Waals surface area contributed by atoms with Gasteiger partial charge in [-0.2, -0.15) is 0 Å². The smallest absolute Gasteiger partial charge is 0.251 e. The third kappa shape index (κ3) is 4.09. The summed E-state index contributed by atoms with van der Waals surface area (Å²) >= 11 is 0. The van der Waals surface area contributed by atoms with E-state index in [0.717, 1.165) is 28.9 Å². The van der Waals surface area contributed by atoms with E-state index < -0.39 is 0 Å². The fraction of sp³-hybridized carbons (Fsp3) is 0.278. The number of rotatable bonds is 5. The first-order valence-electron chi connectivity index (χ1n) is 7.08. The SMILES string of the molecule is COc1ccc(CCNC(=O)c2cc(C)ccc2C)cc1. The van der Waals surface area contributed by atoms with Gasteiger partial charge in [0, 0.05) is 12.1 Å². The van der Waals surface area contributed by atoms with Crippen LogP contribution in [-0.4, -0.2) is 19.6 Å². The molecule has 0 fully saturated rings. The monoisotopic (exact) mass is 283 g/mol. The number of hydrogen-bond acceptors (Lipinski definition) is 2. The average Bonchev–Trinajstić information content (AvgIpc) is 2.50. The Morgan fingerprint density at radius 1 is 1.10 bits per heavy atom. The second kappa shape index (κ2) is 6.93. The van der Waals surface area contributed by atoms with Crippen LogP contribution in [0.3, 0.4) is 0 Å². The molecule has 0 aromatic heterocycles. The van der Waals surface area contributed by atoms with E-state index in [4.69, 9.17) is 4.74 Å². The van der Waals surface area contributed by atoms with Crippen molar-refractivity contribution in [1.29, 1.82) is 0 Å². The highest BCUT2D eigenvalue weighted by Gasteiger charge is 2.08. The molecule has 0 unspecified atom stereocenters. The lowest BCUT2D eigenvalue weighted by Gasteiger charge is -2.09. The van der Waals surface area contributed by atoms with Gasteiger partial charge in [0.15, 0.2) is 0 Å². The fourth-order valence-electron chi connectivity index (χ4n) is 2.19. The van der Waals surface area contributed by atoms with Gasteiger partial charge in [-0.15, -0.1) is 0 Å². The minimum atomic E-state index is -0.00953. The van der Waals surface area contributed by atoms with Crippen LogP contribution in [0.2, 0.25) is 0 Å². The van der Waals surface area contributed by atoms with Crippen LogP contribution in [-0.2, 0) is 6.42 Å². The van der Waals surface area contributed by atoms with Gasteiger partial charge in [0.05, 0.1) is 7.11 Å². The standard InChI is InChI=1S/C18H21NO2/c1-13-4-5-14(2)17(12-13)18(20)19-11-10-15-6-8-16(21-3)9-7-15/h4-9,12H,10-11H2,1-3H3,(H,19,20). The van der Waals surface area contributed by atoms with Crippen LogP contribution in [0.5, 0.6) is 5.75 Å². The van der Waals surface area contributed by atoms with Crippen LogP contribution in [0, 0.1) is 13.8 Å². The first-order chi connectivity index (χ1) is 10.1. The van der Waals surface area contributed by atoms with Crippen molar-refractivity contribution in [3.8, 4) is 5.75 Å². The van der Waals surface area contributed by atoms with E-state index in [9.17, 15) is 4.79 Å². The Balaban J connectivity index is 1.90. The fourth-order valence-corrected chi connectivity index (χ4v) is 2.19. The summed E-state index contributed by atoms with van der Waals surface area (Å²) < 4.78 is 5.12. The Morgan fingerprint density at radius 2 is 1.81 bits per heavy atom. The molecule has 0 heterocycles. The highest BCUT2D eigenvalue weighted by Crippen LogP contribution is 2.12. The average molecular weight is 283 g/mol. The molecular formula is C18H21NO2. The van der Waals surface area contributed by atoms with E-state index in [1.54, 1.807) is 7.11 Å². The number of ether oxygens (including phenoxy) is 1. The molecule has 21 heavy (non-hydrogen) atoms. The molecule has 3 heteroatoms. The molecule has 110 valence electrons. The van der Waals surface area contributed by atoms with Gasteiger partial charge in [-0.05, 0) is 49.6 Å². The third-order valence-electron chi connectivity index (χ3n) is 3.50. The second-order valence-corrected chi connectivity index (χ2v) is 5.17. The van der Waals surface area contributed by atoms with E-state index in [1.165, 1.54) is 5.56 Å². The lowest BCUT2D eigenvalue weighted by atomic mass is 10.0. The molecule has 0 bridgehead atoms. The van der Waals surface area contributed by atoms with Gasteiger partial charge in [0.25, 0.3) is 5.91 Å². The summed E-state index contributed by atoms with van der Waals surface area (Å²) in [6, 6.07) is 13.8. The van der Waals surface area contributed by atoms with E-state index in [0.29, 0.717) is 6.54 Å². The molecule has 0 aliphatic carbocycles. The number of carbonyl (C=O) groups is 1. The van der Waals surface area contributed by atoms with Gasteiger partial charge in [0.2, 0.25) is 0 Å². The third-order valence-corrected chi connectivity index (χ3v) is 3.50. The summed E-state index contributed by atoms with van der Waals surface area (Å²) in [5.74, 6) is 0.836. The Morgan fingerprint density at radius 3 is 2.48 bits per heavy atom. The van der Waals surface area contributed by atoms with Gasteiger partial charge < -0.3 is 10.1 Å². The number of methoxy groups -OCH3 is 1. The van der Waals surface area contributed by atoms with E-state index in [2.05, 4.69) is 5.32 Å². The zero-order chi connectivity index (χ0) is 15.2. The van der Waals surface area contributed by atoms with Crippen molar-refractivity contribution in [3.63, 3.8) is 0 Å². The summed E-state index contributed by atoms with van der Waals surface area (Å²) in [7, 11) is 1.65. The lowest BCUT2D eigenvalue weighted by molar-refractivity contribution is 0.0953. The molecule has 0 spiro atoms. The van der Waals surface area contributed by atoms with E-state index in [-0.39, 0.29) is 5.91 Å². The zero-order valence-corrected chi connectivity index (χ0v) is 12.8. The summed E-state index contributed by atoms with van der Waals surface area (Å²) in [5, 5.41) is 2.97. The quantitative estimate of drug-likeness (QED) is 0.914. The maximum Gasteiger partial charge on any atom is 0.251 e. The van der Waals surface area contributed by atoms with Crippen molar-refractivity contribution >= 4 is 5.91 Å². The molecule has 0 radical (unpaired) electrons. The summed E-state index contributed by atoms with van der Waals surface area (Å²) in [5.41, 5.74) is 4.03. The molecule has 3 nitrogen and oxygen atoms in total. The Bertz CT molecular complexity index is 618. The number of nitrogens with one attached hydrogen (secondary N) is 1. The number of carbonyl (C=O) groups excluding carboxylic acids is 1. The second-order valence-electron chi connectivity index (χ2n) is 5.17. The number of hydrogen-bond donors (Lipinski definition) is 1. The van der Waals surface area contributed by atoms with Gasteiger partial charge in [-0.1, -0.05) is 29.8 Å². The summed E-state index contributed by atoms with van der Waals surface area (Å²) in [6.45, 7) is 4.57. The minimum Gasteiger partial charge on any atom is -0.497 e. The van der Waals surface area contributed by atoms with Crippen LogP contribution in [0.1, 0.15) is 27.0 Å². The largest absolute Gasteiger partial charge is 0.497 e. The molecule has 1 N–H and O–H groups in total. The Hall–Kier alpha value is -2.29. The van der Waals surface area contributed by atoms with E-state index in [1.807, 2.05) is 56.3 Å². The van der Waals surface area contributed by atoms with Gasteiger partial charge >= 0.3 is 0 Å². The first-order valence-corrected chi connectivity index (χ1v) is 7.08. The Labute approximate surface area is 126 Å². The van der Waals surface area contributed by atoms with Gasteiger partial charge in [-0.3, -0.25) is 4.79 Å². The van der Waals surface area contributed by atoms with E-state index >= 15 is 0 Å². The molecule has 0 saturated carbocycles. The molecule has 1 amide bonds. The van der Waals surface area contributed by atoms with Crippen molar-refractivity contribution in [2.75, 3.05) is 13.7 Å². The van der Waals surface area contributed by atoms with Crippen LogP contribution < -0.4 is 10.1 Å². The van der Waals surface area contributed by atoms with Crippen LogP contribution >= 0.6 is 0 Å².